The lowest BCUT2D eigenvalue weighted by molar-refractivity contribution is -0.407. The zero-order chi connectivity index (χ0) is 24.6. The van der Waals surface area contributed by atoms with E-state index < -0.39 is 35.5 Å². The van der Waals surface area contributed by atoms with Crippen LogP contribution < -0.4 is 5.32 Å². The van der Waals surface area contributed by atoms with Gasteiger partial charge in [0.2, 0.25) is 5.91 Å². The molecule has 34 heavy (non-hydrogen) atoms. The minimum absolute atomic E-state index is 0.0186. The fourth-order valence-electron chi connectivity index (χ4n) is 3.31. The number of urea groups is 1. The number of amides is 4. The SMILES string of the molecule is CN1C(=O)C2C(SCC(=O)Nc3cccc(C(F)(F)F)c3)=NC(c3ccco3)=NC2=[N+](C)C1=O. The maximum absolute atomic E-state index is 12.9. The molecule has 0 fully saturated rings. The lowest BCUT2D eigenvalue weighted by Crippen LogP contribution is -2.54. The lowest BCUT2D eigenvalue weighted by Gasteiger charge is -2.26. The second-order valence-electron chi connectivity index (χ2n) is 7.31. The van der Waals surface area contributed by atoms with Crippen LogP contribution in [0.5, 0.6) is 0 Å². The smallest absolute Gasteiger partial charge is 0.445 e. The van der Waals surface area contributed by atoms with Crippen LogP contribution in [0, 0.1) is 5.92 Å². The third-order valence-corrected chi connectivity index (χ3v) is 6.03. The Hall–Kier alpha value is -3.74. The number of fused-ring (bicyclic) bond motifs is 1. The van der Waals surface area contributed by atoms with Crippen molar-refractivity contribution in [2.75, 3.05) is 25.2 Å². The molecule has 0 aliphatic carbocycles. The number of amidine groups is 2. The molecule has 1 atom stereocenters. The molecule has 1 unspecified atom stereocenters. The van der Waals surface area contributed by atoms with Gasteiger partial charge in [0, 0.05) is 5.69 Å². The summed E-state index contributed by atoms with van der Waals surface area (Å²) in [6.45, 7) is 0. The Kier molecular flexibility index (Phi) is 6.13. The summed E-state index contributed by atoms with van der Waals surface area (Å²) in [6.07, 6.45) is -3.13. The summed E-state index contributed by atoms with van der Waals surface area (Å²) >= 11 is 0.917. The average Bonchev–Trinajstić information content (AvgIpc) is 3.34. The van der Waals surface area contributed by atoms with Gasteiger partial charge >= 0.3 is 18.1 Å². The van der Waals surface area contributed by atoms with Crippen LogP contribution in [0.15, 0.2) is 57.1 Å². The van der Waals surface area contributed by atoms with Crippen molar-refractivity contribution in [1.29, 1.82) is 0 Å². The van der Waals surface area contributed by atoms with Gasteiger partial charge in [0.05, 0.1) is 31.7 Å². The number of aliphatic imine (C=N–C) groups is 2. The molecular weight excluding hydrogens is 475 g/mol. The minimum Gasteiger partial charge on any atom is -0.459 e. The predicted molar refractivity (Wildman–Crippen MR) is 118 cm³/mol. The number of hydrogen-bond donors (Lipinski definition) is 1. The standard InChI is InChI=1S/C21H16F3N5O4S/c1-28-17-15(19(31)29(2)20(28)32)18(27-16(26-17)13-7-4-8-33-13)34-10-14(30)25-12-6-3-5-11(9-12)21(22,23)24/h3-9,15H,10H2,1-2H3/p+1. The zero-order valence-corrected chi connectivity index (χ0v) is 18.6. The van der Waals surface area contributed by atoms with Crippen LogP contribution in [-0.4, -0.2) is 63.9 Å². The van der Waals surface area contributed by atoms with E-state index in [0.29, 0.717) is 5.76 Å². The first kappa shape index (κ1) is 23.4. The van der Waals surface area contributed by atoms with Crippen LogP contribution in [0.2, 0.25) is 0 Å². The molecule has 0 bridgehead atoms. The normalized spacial score (nSPS) is 18.5. The molecule has 13 heteroatoms. The summed E-state index contributed by atoms with van der Waals surface area (Å²) in [7, 11) is 2.79. The van der Waals surface area contributed by atoms with Crippen molar-refractivity contribution in [3.8, 4) is 0 Å². The summed E-state index contributed by atoms with van der Waals surface area (Å²) in [5.41, 5.74) is -0.911. The number of carbonyl (C=O) groups is 3. The van der Waals surface area contributed by atoms with Gasteiger partial charge in [0.25, 0.3) is 11.7 Å². The van der Waals surface area contributed by atoms with Gasteiger partial charge in [0.15, 0.2) is 11.7 Å². The van der Waals surface area contributed by atoms with E-state index in [9.17, 15) is 27.6 Å². The van der Waals surface area contributed by atoms with E-state index in [-0.39, 0.29) is 28.2 Å². The highest BCUT2D eigenvalue weighted by atomic mass is 32.2. The summed E-state index contributed by atoms with van der Waals surface area (Å²) in [5.74, 6) is -1.88. The molecule has 1 aromatic heterocycles. The Bertz CT molecular complexity index is 1270. The van der Waals surface area contributed by atoms with Gasteiger partial charge in [0.1, 0.15) is 5.04 Å². The summed E-state index contributed by atoms with van der Waals surface area (Å²) < 4.78 is 45.3. The number of rotatable bonds is 4. The van der Waals surface area contributed by atoms with E-state index in [0.717, 1.165) is 28.8 Å². The second kappa shape index (κ2) is 8.89. The first-order valence-electron chi connectivity index (χ1n) is 9.79. The van der Waals surface area contributed by atoms with Crippen molar-refractivity contribution in [3.05, 3.63) is 54.0 Å². The number of anilines is 1. The van der Waals surface area contributed by atoms with Crippen molar-refractivity contribution in [2.24, 2.45) is 15.9 Å². The maximum atomic E-state index is 12.9. The fraction of sp³-hybridized carbons (Fsp3) is 0.238. The van der Waals surface area contributed by atoms with Gasteiger partial charge in [-0.3, -0.25) is 9.59 Å². The van der Waals surface area contributed by atoms with Gasteiger partial charge < -0.3 is 9.73 Å². The van der Waals surface area contributed by atoms with E-state index in [1.807, 2.05) is 0 Å². The van der Waals surface area contributed by atoms with Crippen LogP contribution >= 0.6 is 11.8 Å². The summed E-state index contributed by atoms with van der Waals surface area (Å²) in [4.78, 5) is 47.3. The van der Waals surface area contributed by atoms with Crippen LogP contribution in [0.25, 0.3) is 0 Å². The number of nitrogens with one attached hydrogen (secondary N) is 1. The van der Waals surface area contributed by atoms with Gasteiger partial charge in [-0.2, -0.15) is 22.6 Å². The number of furan rings is 1. The second-order valence-corrected chi connectivity index (χ2v) is 8.30. The monoisotopic (exact) mass is 492 g/mol. The average molecular weight is 492 g/mol. The summed E-state index contributed by atoms with van der Waals surface area (Å²) in [6, 6.07) is 6.90. The molecule has 2 aliphatic rings. The number of imide groups is 1. The Morgan fingerprint density at radius 1 is 1.24 bits per heavy atom. The number of carbonyl (C=O) groups excluding carboxylic acids is 3. The number of alkyl halides is 3. The van der Waals surface area contributed by atoms with Crippen molar-refractivity contribution in [3.63, 3.8) is 0 Å². The van der Waals surface area contributed by atoms with Gasteiger partial charge in [-0.05, 0) is 30.3 Å². The Labute approximate surface area is 195 Å². The highest BCUT2D eigenvalue weighted by Gasteiger charge is 2.49. The van der Waals surface area contributed by atoms with Crippen LogP contribution in [0.4, 0.5) is 23.7 Å². The third-order valence-electron chi connectivity index (χ3n) is 5.00. The molecule has 1 aromatic carbocycles. The summed E-state index contributed by atoms with van der Waals surface area (Å²) in [5, 5.41) is 2.61. The molecule has 4 rings (SSSR count). The van der Waals surface area contributed by atoms with E-state index in [1.54, 1.807) is 12.1 Å². The number of hydrogen-bond acceptors (Lipinski definition) is 7. The molecule has 9 nitrogen and oxygen atoms in total. The Morgan fingerprint density at radius 3 is 2.68 bits per heavy atom. The minimum atomic E-state index is -4.54. The molecule has 0 saturated carbocycles. The zero-order valence-electron chi connectivity index (χ0n) is 17.8. The van der Waals surface area contributed by atoms with E-state index in [2.05, 4.69) is 15.3 Å². The van der Waals surface area contributed by atoms with Crippen molar-refractivity contribution < 1.29 is 36.5 Å². The Balaban J connectivity index is 1.58. The maximum Gasteiger partial charge on any atom is 0.445 e. The van der Waals surface area contributed by atoms with E-state index in [1.165, 1.54) is 37.1 Å². The van der Waals surface area contributed by atoms with E-state index in [4.69, 9.17) is 4.42 Å². The molecule has 0 saturated heterocycles. The molecule has 1 N–H and O–H groups in total. The topological polar surface area (TPSA) is 107 Å². The Morgan fingerprint density at radius 2 is 2.00 bits per heavy atom. The van der Waals surface area contributed by atoms with Crippen molar-refractivity contribution in [1.82, 2.24) is 4.90 Å². The molecule has 2 aliphatic heterocycles. The number of benzene rings is 1. The van der Waals surface area contributed by atoms with Crippen LogP contribution in [0.1, 0.15) is 11.3 Å². The lowest BCUT2D eigenvalue weighted by atomic mass is 10.0. The van der Waals surface area contributed by atoms with Crippen LogP contribution in [0.3, 0.4) is 0 Å². The first-order chi connectivity index (χ1) is 16.1. The molecule has 4 amide bonds. The van der Waals surface area contributed by atoms with Crippen molar-refractivity contribution >= 4 is 52.0 Å². The number of nitrogens with zero attached hydrogens (tertiary/aromatic N) is 4. The third kappa shape index (κ3) is 4.51. The highest BCUT2D eigenvalue weighted by Crippen LogP contribution is 2.31. The molecule has 0 spiro atoms. The number of halogens is 3. The van der Waals surface area contributed by atoms with Gasteiger partial charge in [-0.15, -0.1) is 0 Å². The largest absolute Gasteiger partial charge is 0.459 e. The van der Waals surface area contributed by atoms with Crippen molar-refractivity contribution in [2.45, 2.75) is 6.18 Å². The number of thioether (sulfide) groups is 1. The molecule has 0 radical (unpaired) electrons. The molecule has 176 valence electrons. The highest BCUT2D eigenvalue weighted by molar-refractivity contribution is 8.14. The van der Waals surface area contributed by atoms with Gasteiger partial charge in [-0.25, -0.2) is 9.79 Å². The molecule has 3 heterocycles. The molecular formula is C21H17F3N5O4S+. The quantitative estimate of drug-likeness (QED) is 0.661. The first-order valence-corrected chi connectivity index (χ1v) is 10.8. The molecule has 2 aromatic rings. The fourth-order valence-corrected chi connectivity index (χ4v) is 4.19. The van der Waals surface area contributed by atoms with Crippen LogP contribution in [-0.2, 0) is 15.8 Å². The predicted octanol–water partition coefficient (Wildman–Crippen LogP) is 3.08. The van der Waals surface area contributed by atoms with Gasteiger partial charge in [-0.1, -0.05) is 22.8 Å². The van der Waals surface area contributed by atoms with E-state index >= 15 is 0 Å².